The van der Waals surface area contributed by atoms with E-state index in [1.165, 1.54) is 6.20 Å². The molecule has 0 unspecified atom stereocenters. The van der Waals surface area contributed by atoms with Gasteiger partial charge in [0.05, 0.1) is 0 Å². The molecule has 0 amide bonds. The van der Waals surface area contributed by atoms with Gasteiger partial charge in [-0.3, -0.25) is 0 Å². The van der Waals surface area contributed by atoms with Gasteiger partial charge in [0.1, 0.15) is 17.2 Å². The zero-order valence-corrected chi connectivity index (χ0v) is 11.5. The Morgan fingerprint density at radius 1 is 1.30 bits per heavy atom. The normalized spacial score (nSPS) is 10.6. The molecule has 2 N–H and O–H groups in total. The number of hydrogen-bond donors (Lipinski definition) is 2. The molecule has 0 saturated heterocycles. The Morgan fingerprint density at radius 3 is 2.60 bits per heavy atom. The molecule has 20 heavy (non-hydrogen) atoms. The molecule has 1 aromatic carbocycles. The van der Waals surface area contributed by atoms with Crippen molar-refractivity contribution in [2.24, 2.45) is 0 Å². The van der Waals surface area contributed by atoms with Crippen molar-refractivity contribution in [1.29, 1.82) is 0 Å². The Kier molecular flexibility index (Phi) is 4.30. The van der Waals surface area contributed by atoms with E-state index in [0.29, 0.717) is 18.1 Å². The van der Waals surface area contributed by atoms with Crippen molar-refractivity contribution in [2.75, 3.05) is 5.32 Å². The maximum Gasteiger partial charge on any atom is 0.341 e. The van der Waals surface area contributed by atoms with E-state index in [-0.39, 0.29) is 11.6 Å². The van der Waals surface area contributed by atoms with E-state index in [9.17, 15) is 4.79 Å². The third-order valence-corrected chi connectivity index (χ3v) is 2.70. The highest BCUT2D eigenvalue weighted by molar-refractivity contribution is 5.92. The van der Waals surface area contributed by atoms with E-state index in [0.717, 1.165) is 5.56 Å². The predicted octanol–water partition coefficient (Wildman–Crippen LogP) is 2.59. The summed E-state index contributed by atoms with van der Waals surface area (Å²) in [5.74, 6) is -0.0582. The molecule has 0 aliphatic rings. The second-order valence-electron chi connectivity index (χ2n) is 4.82. The second kappa shape index (κ2) is 6.14. The van der Waals surface area contributed by atoms with Crippen molar-refractivity contribution < 1.29 is 9.90 Å². The number of carbonyl (C=O) groups is 1. The van der Waals surface area contributed by atoms with Crippen LogP contribution in [0.3, 0.4) is 0 Å². The van der Waals surface area contributed by atoms with Gasteiger partial charge in [0.2, 0.25) is 0 Å². The smallest absolute Gasteiger partial charge is 0.341 e. The third kappa shape index (κ3) is 3.54. The fraction of sp³-hybridized carbons (Fsp3) is 0.267. The summed E-state index contributed by atoms with van der Waals surface area (Å²) in [4.78, 5) is 19.6. The Labute approximate surface area is 117 Å². The van der Waals surface area contributed by atoms with Crippen LogP contribution in [-0.2, 0) is 6.42 Å². The zero-order chi connectivity index (χ0) is 14.5. The minimum atomic E-state index is -1.03. The lowest BCUT2D eigenvalue weighted by Crippen LogP contribution is -2.16. The number of benzene rings is 1. The predicted molar refractivity (Wildman–Crippen MR) is 77.0 cm³/mol. The summed E-state index contributed by atoms with van der Waals surface area (Å²) in [5, 5.41) is 12.2. The molecule has 0 atom stereocenters. The standard InChI is InChI=1S/C15H17N3O2/c1-10(2)17-14-12(15(19)20)9-16-13(18-14)8-11-6-4-3-5-7-11/h3-7,9-10H,8H2,1-2H3,(H,19,20)(H,16,17,18). The lowest BCUT2D eigenvalue weighted by Gasteiger charge is -2.12. The van der Waals surface area contributed by atoms with Crippen molar-refractivity contribution in [3.8, 4) is 0 Å². The van der Waals surface area contributed by atoms with Crippen molar-refractivity contribution in [3.05, 3.63) is 53.5 Å². The third-order valence-electron chi connectivity index (χ3n) is 2.70. The minimum Gasteiger partial charge on any atom is -0.477 e. The molecular weight excluding hydrogens is 254 g/mol. The van der Waals surface area contributed by atoms with Crippen LogP contribution < -0.4 is 5.32 Å². The van der Waals surface area contributed by atoms with Gasteiger partial charge in [-0.2, -0.15) is 0 Å². The summed E-state index contributed by atoms with van der Waals surface area (Å²) in [7, 11) is 0. The highest BCUT2D eigenvalue weighted by atomic mass is 16.4. The van der Waals surface area contributed by atoms with E-state index >= 15 is 0 Å². The molecule has 5 nitrogen and oxygen atoms in total. The number of hydrogen-bond acceptors (Lipinski definition) is 4. The molecule has 104 valence electrons. The highest BCUT2D eigenvalue weighted by Gasteiger charge is 2.14. The van der Waals surface area contributed by atoms with E-state index in [2.05, 4.69) is 15.3 Å². The number of aromatic carboxylic acids is 1. The van der Waals surface area contributed by atoms with Crippen molar-refractivity contribution >= 4 is 11.8 Å². The summed E-state index contributed by atoms with van der Waals surface area (Å²) in [5.41, 5.74) is 1.18. The van der Waals surface area contributed by atoms with Crippen molar-refractivity contribution in [1.82, 2.24) is 9.97 Å². The van der Waals surface area contributed by atoms with E-state index in [4.69, 9.17) is 5.11 Å². The Bertz CT molecular complexity index is 597. The first-order valence-corrected chi connectivity index (χ1v) is 6.46. The lowest BCUT2D eigenvalue weighted by molar-refractivity contribution is 0.0697. The first-order valence-electron chi connectivity index (χ1n) is 6.46. The van der Waals surface area contributed by atoms with E-state index in [1.807, 2.05) is 44.2 Å². The SMILES string of the molecule is CC(C)Nc1nc(Cc2ccccc2)ncc1C(=O)O. The molecule has 0 aliphatic carbocycles. The van der Waals surface area contributed by atoms with Gasteiger partial charge in [-0.05, 0) is 19.4 Å². The topological polar surface area (TPSA) is 75.1 Å². The first-order chi connectivity index (χ1) is 9.56. The van der Waals surface area contributed by atoms with E-state index < -0.39 is 5.97 Å². The maximum absolute atomic E-state index is 11.2. The molecule has 0 spiro atoms. The van der Waals surface area contributed by atoms with Crippen LogP contribution in [0, 0.1) is 0 Å². The molecule has 0 fully saturated rings. The average molecular weight is 271 g/mol. The quantitative estimate of drug-likeness (QED) is 0.874. The van der Waals surface area contributed by atoms with E-state index in [1.54, 1.807) is 0 Å². The van der Waals surface area contributed by atoms with Crippen LogP contribution in [0.5, 0.6) is 0 Å². The summed E-state index contributed by atoms with van der Waals surface area (Å²) in [6.07, 6.45) is 1.94. The Morgan fingerprint density at radius 2 is 2.00 bits per heavy atom. The van der Waals surface area contributed by atoms with Crippen molar-refractivity contribution in [2.45, 2.75) is 26.3 Å². The first kappa shape index (κ1) is 14.0. The van der Waals surface area contributed by atoms with Crippen LogP contribution in [0.4, 0.5) is 5.82 Å². The summed E-state index contributed by atoms with van der Waals surface area (Å²) < 4.78 is 0. The van der Waals surface area contributed by atoms with Gasteiger partial charge >= 0.3 is 5.97 Å². The Hall–Kier alpha value is -2.43. The summed E-state index contributed by atoms with van der Waals surface area (Å²) >= 11 is 0. The van der Waals surface area contributed by atoms with Crippen LogP contribution in [0.2, 0.25) is 0 Å². The number of anilines is 1. The molecule has 1 heterocycles. The number of aromatic nitrogens is 2. The minimum absolute atomic E-state index is 0.0931. The average Bonchev–Trinajstić information content (AvgIpc) is 2.39. The van der Waals surface area contributed by atoms with Crippen LogP contribution in [0.15, 0.2) is 36.5 Å². The molecular formula is C15H17N3O2. The van der Waals surface area contributed by atoms with Gasteiger partial charge < -0.3 is 10.4 Å². The lowest BCUT2D eigenvalue weighted by atomic mass is 10.1. The van der Waals surface area contributed by atoms with Crippen molar-refractivity contribution in [3.63, 3.8) is 0 Å². The molecule has 0 bridgehead atoms. The Balaban J connectivity index is 2.29. The zero-order valence-electron chi connectivity index (χ0n) is 11.5. The molecule has 2 rings (SSSR count). The largest absolute Gasteiger partial charge is 0.477 e. The molecule has 0 saturated carbocycles. The number of carboxylic acids is 1. The highest BCUT2D eigenvalue weighted by Crippen LogP contribution is 2.15. The fourth-order valence-corrected chi connectivity index (χ4v) is 1.82. The number of nitrogens with one attached hydrogen (secondary N) is 1. The van der Waals surface area contributed by atoms with Crippen LogP contribution in [0.1, 0.15) is 35.6 Å². The number of carboxylic acid groups (broad SMARTS) is 1. The molecule has 0 radical (unpaired) electrons. The molecule has 5 heteroatoms. The monoisotopic (exact) mass is 271 g/mol. The van der Waals surface area contributed by atoms with Gasteiger partial charge in [0.25, 0.3) is 0 Å². The van der Waals surface area contributed by atoms with Gasteiger partial charge in [-0.1, -0.05) is 30.3 Å². The number of rotatable bonds is 5. The van der Waals surface area contributed by atoms with Gasteiger partial charge in [0, 0.05) is 18.7 Å². The van der Waals surface area contributed by atoms with Crippen LogP contribution >= 0.6 is 0 Å². The number of nitrogens with zero attached hydrogens (tertiary/aromatic N) is 2. The summed E-state index contributed by atoms with van der Waals surface area (Å²) in [6.45, 7) is 3.87. The fourth-order valence-electron chi connectivity index (χ4n) is 1.82. The van der Waals surface area contributed by atoms with Gasteiger partial charge in [-0.15, -0.1) is 0 Å². The maximum atomic E-state index is 11.2. The van der Waals surface area contributed by atoms with Gasteiger partial charge in [-0.25, -0.2) is 14.8 Å². The van der Waals surface area contributed by atoms with Crippen LogP contribution in [-0.4, -0.2) is 27.1 Å². The summed E-state index contributed by atoms with van der Waals surface area (Å²) in [6, 6.07) is 9.94. The molecule has 0 aliphatic heterocycles. The molecule has 2 aromatic rings. The van der Waals surface area contributed by atoms with Gasteiger partial charge in [0.15, 0.2) is 0 Å². The molecule has 1 aromatic heterocycles. The second-order valence-corrected chi connectivity index (χ2v) is 4.82. The van der Waals surface area contributed by atoms with Crippen LogP contribution in [0.25, 0.3) is 0 Å².